The smallest absolute Gasteiger partial charge is 0.380 e. The van der Waals surface area contributed by atoms with E-state index in [4.69, 9.17) is 10.8 Å². The van der Waals surface area contributed by atoms with Crippen molar-refractivity contribution in [3.63, 3.8) is 0 Å². The number of aliphatic carboxylic acids is 1. The van der Waals surface area contributed by atoms with Gasteiger partial charge in [-0.15, -0.1) is 0 Å². The van der Waals surface area contributed by atoms with Gasteiger partial charge >= 0.3 is 53.4 Å². The molecule has 0 amide bonds. The molecule has 7 aromatic carbocycles. The first-order chi connectivity index (χ1) is 47.7. The van der Waals surface area contributed by atoms with Gasteiger partial charge in [0.05, 0.1) is 25.8 Å². The Balaban J connectivity index is 0.000000216. The molecular weight excluding hydrogens is 1680 g/mol. The lowest BCUT2D eigenvalue weighted by Crippen LogP contribution is -2.37. The van der Waals surface area contributed by atoms with Crippen LogP contribution in [0.5, 0.6) is 0 Å². The Labute approximate surface area is 608 Å². The second-order valence-corrected chi connectivity index (χ2v) is 25.8. The zero-order chi connectivity index (χ0) is 76.5. The Bertz CT molecular complexity index is 3970. The van der Waals surface area contributed by atoms with Gasteiger partial charge in [0.2, 0.25) is 18.1 Å². The minimum atomic E-state index is -4.43. The monoisotopic (exact) mass is 1730 g/mol. The number of rotatable bonds is 13. The van der Waals surface area contributed by atoms with Crippen LogP contribution in [0, 0.1) is 0 Å². The normalized spacial score (nSPS) is 19.3. The molecule has 0 radical (unpaired) electrons. The molecule has 550 valence electrons. The summed E-state index contributed by atoms with van der Waals surface area (Å²) in [4.78, 5) is 57.4. The molecule has 8 unspecified atom stereocenters. The molecule has 11 rings (SSSR count). The number of hydrogen-bond donors (Lipinski definition) is 4. The first-order valence-corrected chi connectivity index (χ1v) is 33.6. The summed E-state index contributed by atoms with van der Waals surface area (Å²) in [6.07, 6.45) is -14.0. The SMILES string of the molecule is CCOC(=O)C(F)(F)C(F)c1ccccc1Br.CCOC(=O)C(F)(F)C(O)c1ccccc1Br.FC1c2ccccc2C(NC2=NCCS2)C1(F)F.NC1c2ccccc2C(F)C1(F)F.O=C(O)C(F)(F)C(F)c1ccccc1Br.O=C1c2ccccc2C(F)C1(F)F.O=Cc1ccccc1Br. The number of nitrogens with one attached hydrogen (secondary N) is 1. The summed E-state index contributed by atoms with van der Waals surface area (Å²) >= 11 is 13.5. The number of amidine groups is 1. The molecular formula is C68H56Br4F17N3O9S. The van der Waals surface area contributed by atoms with Crippen LogP contribution in [0.1, 0.15) is 128 Å². The van der Waals surface area contributed by atoms with E-state index in [-0.39, 0.29) is 66.7 Å². The molecule has 0 aromatic heterocycles. The number of nitrogens with zero attached hydrogens (tertiary/aromatic N) is 1. The van der Waals surface area contributed by atoms with Gasteiger partial charge in [0.25, 0.3) is 0 Å². The molecule has 5 N–H and O–H groups in total. The van der Waals surface area contributed by atoms with Gasteiger partial charge in [-0.3, -0.25) is 14.6 Å². The summed E-state index contributed by atoms with van der Waals surface area (Å²) in [7, 11) is 0. The fourth-order valence-corrected chi connectivity index (χ4v) is 11.9. The van der Waals surface area contributed by atoms with Crippen LogP contribution < -0.4 is 11.1 Å². The molecule has 0 saturated heterocycles. The van der Waals surface area contributed by atoms with E-state index in [1.54, 1.807) is 42.5 Å². The number of nitrogens with two attached hydrogens (primary N) is 1. The number of aliphatic hydroxyl groups is 1. The van der Waals surface area contributed by atoms with Crippen molar-refractivity contribution in [1.29, 1.82) is 0 Å². The molecule has 12 nitrogen and oxygen atoms in total. The van der Waals surface area contributed by atoms with Crippen molar-refractivity contribution in [1.82, 2.24) is 5.32 Å². The summed E-state index contributed by atoms with van der Waals surface area (Å²) in [6.45, 7) is 3.01. The molecule has 8 atom stereocenters. The lowest BCUT2D eigenvalue weighted by molar-refractivity contribution is -0.189. The number of aliphatic imine (C=N–C) groups is 1. The average molecular weight is 1730 g/mol. The number of alkyl halides is 17. The molecule has 0 spiro atoms. The predicted molar refractivity (Wildman–Crippen MR) is 358 cm³/mol. The van der Waals surface area contributed by atoms with Crippen LogP contribution in [0.15, 0.2) is 193 Å². The number of Topliss-reactive ketones (excluding diaryl/α,β-unsaturated/α-hetero) is 1. The van der Waals surface area contributed by atoms with E-state index in [9.17, 15) is 104 Å². The molecule has 7 aromatic rings. The van der Waals surface area contributed by atoms with Crippen molar-refractivity contribution in [2.24, 2.45) is 10.7 Å². The van der Waals surface area contributed by atoms with Gasteiger partial charge in [-0.2, -0.15) is 35.1 Å². The van der Waals surface area contributed by atoms with Gasteiger partial charge in [-0.05, 0) is 60.4 Å². The molecule has 0 saturated carbocycles. The second-order valence-electron chi connectivity index (χ2n) is 21.3. The number of carboxylic acid groups (broad SMARTS) is 1. The Morgan fingerprint density at radius 3 is 1.39 bits per heavy atom. The highest BCUT2D eigenvalue weighted by Gasteiger charge is 2.59. The summed E-state index contributed by atoms with van der Waals surface area (Å²) in [6, 6.07) is 38.6. The molecule has 102 heavy (non-hydrogen) atoms. The highest BCUT2D eigenvalue weighted by Crippen LogP contribution is 2.54. The highest BCUT2D eigenvalue weighted by molar-refractivity contribution is 9.11. The minimum absolute atomic E-state index is 0.0139. The molecule has 1 aliphatic heterocycles. The summed E-state index contributed by atoms with van der Waals surface area (Å²) in [5.74, 6) is -30.1. The van der Waals surface area contributed by atoms with Crippen molar-refractivity contribution >= 4 is 111 Å². The van der Waals surface area contributed by atoms with E-state index in [1.165, 1.54) is 129 Å². The van der Waals surface area contributed by atoms with Crippen molar-refractivity contribution in [2.75, 3.05) is 25.5 Å². The first kappa shape index (κ1) is 85.4. The van der Waals surface area contributed by atoms with Crippen LogP contribution in [0.4, 0.5) is 74.6 Å². The van der Waals surface area contributed by atoms with Gasteiger partial charge in [-0.25, -0.2) is 53.9 Å². The number of aliphatic hydroxyl groups excluding tert-OH is 1. The lowest BCUT2D eigenvalue weighted by atomic mass is 10.0. The standard InChI is InChI=1S/C12H11F3N2S.C11H10BrF3O2.C11H11BrF2O3.C9H6BrF3O2.C9H8F3N.C9H5F3O.C7H5BrO/c13-9-7-3-1-2-4-8(7)10(12(9,14)15)17-11-16-5-6-18-11;1-2-17-10(16)11(14,15)9(13)7-5-3-4-6-8(7)12;1-2-17-10(16)11(13,14)9(15)7-5-3-4-6-8(7)12;10-6-4-2-1-3-5(6)7(11)9(12,13)8(14)15;2*10-7-5-3-1-2-4-6(5)8(13)9(7,11)12;8-7-4-2-1-3-6(7)5-9/h1-4,9-10H,5-6H2,(H,16,17);3-6,9H,2H2,1H3;3-6,9,15H,2H2,1H3;1-4,7H,(H,14,15);1-4,7-8H,13H2;1-4,7H;1-5H. The van der Waals surface area contributed by atoms with E-state index < -0.39 is 108 Å². The Morgan fingerprint density at radius 2 is 0.971 bits per heavy atom. The Hall–Kier alpha value is -7.24. The van der Waals surface area contributed by atoms with E-state index in [0.29, 0.717) is 27.3 Å². The van der Waals surface area contributed by atoms with Crippen LogP contribution in [0.25, 0.3) is 0 Å². The molecule has 34 heteroatoms. The first-order valence-electron chi connectivity index (χ1n) is 29.4. The van der Waals surface area contributed by atoms with Crippen LogP contribution in [-0.4, -0.2) is 106 Å². The average Bonchev–Trinajstić information content (AvgIpc) is 1.62. The number of aldehydes is 1. The van der Waals surface area contributed by atoms with Crippen molar-refractivity contribution in [3.05, 3.63) is 243 Å². The number of ketones is 1. The fourth-order valence-electron chi connectivity index (χ4n) is 9.29. The Morgan fingerprint density at radius 1 is 0.578 bits per heavy atom. The molecule has 1 heterocycles. The third-order valence-electron chi connectivity index (χ3n) is 14.6. The minimum Gasteiger partial charge on any atom is -0.477 e. The number of carbonyl (C=O) groups is 5. The van der Waals surface area contributed by atoms with Gasteiger partial charge in [0.15, 0.2) is 36.1 Å². The zero-order valence-corrected chi connectivity index (χ0v) is 59.5. The number of esters is 2. The maximum absolute atomic E-state index is 13.9. The molecule has 4 aliphatic rings. The van der Waals surface area contributed by atoms with Gasteiger partial charge < -0.3 is 30.7 Å². The lowest BCUT2D eigenvalue weighted by Gasteiger charge is -2.22. The largest absolute Gasteiger partial charge is 0.477 e. The predicted octanol–water partition coefficient (Wildman–Crippen LogP) is 19.7. The number of carbonyl (C=O) groups excluding carboxylic acids is 4. The third kappa shape index (κ3) is 20.2. The number of thioether (sulfide) groups is 1. The van der Waals surface area contributed by atoms with Gasteiger partial charge in [0.1, 0.15) is 6.04 Å². The van der Waals surface area contributed by atoms with Crippen LogP contribution in [0.2, 0.25) is 0 Å². The molecule has 0 fully saturated rings. The van der Waals surface area contributed by atoms with E-state index >= 15 is 0 Å². The van der Waals surface area contributed by atoms with Gasteiger partial charge in [-0.1, -0.05) is 221 Å². The zero-order valence-electron chi connectivity index (χ0n) is 52.3. The molecule has 0 bridgehead atoms. The number of hydrogen-bond acceptors (Lipinski definition) is 12. The highest BCUT2D eigenvalue weighted by atomic mass is 79.9. The van der Waals surface area contributed by atoms with Gasteiger partial charge in [0, 0.05) is 57.0 Å². The maximum Gasteiger partial charge on any atom is 0.380 e. The second kappa shape index (κ2) is 37.0. The van der Waals surface area contributed by atoms with E-state index in [0.717, 1.165) is 22.6 Å². The number of halogens is 21. The third-order valence-corrected chi connectivity index (χ3v) is 18.4. The summed E-state index contributed by atoms with van der Waals surface area (Å²) in [5, 5.41) is 20.9. The number of ether oxygens (including phenoxy) is 2. The summed E-state index contributed by atoms with van der Waals surface area (Å²) in [5.41, 5.74) is 5.38. The van der Waals surface area contributed by atoms with Crippen LogP contribution >= 0.6 is 75.5 Å². The Kier molecular flexibility index (Phi) is 30.9. The number of fused-ring (bicyclic) bond motifs is 3. The topological polar surface area (TPSA) is 195 Å². The van der Waals surface area contributed by atoms with Crippen molar-refractivity contribution < 1.29 is 118 Å². The van der Waals surface area contributed by atoms with Crippen molar-refractivity contribution in [2.45, 2.75) is 98.4 Å². The van der Waals surface area contributed by atoms with Crippen molar-refractivity contribution in [3.8, 4) is 0 Å². The summed E-state index contributed by atoms with van der Waals surface area (Å²) < 4.78 is 236. The quantitative estimate of drug-likeness (QED) is 0.0485. The number of benzene rings is 7. The van der Waals surface area contributed by atoms with Crippen LogP contribution in [0.3, 0.4) is 0 Å². The number of carboxylic acids is 1. The molecule has 3 aliphatic carbocycles. The fraction of sp³-hybridized carbons (Fsp3) is 0.294. The van der Waals surface area contributed by atoms with Crippen LogP contribution in [-0.2, 0) is 23.9 Å². The maximum atomic E-state index is 13.9. The van der Waals surface area contributed by atoms with E-state index in [2.05, 4.69) is 83.5 Å². The van der Waals surface area contributed by atoms with E-state index in [1.807, 2.05) is 18.2 Å².